The number of ether oxygens (including phenoxy) is 3. The van der Waals surface area contributed by atoms with Gasteiger partial charge in [-0.1, -0.05) is 30.3 Å². The number of benzene rings is 2. The highest BCUT2D eigenvalue weighted by molar-refractivity contribution is 5.80. The van der Waals surface area contributed by atoms with E-state index in [4.69, 9.17) is 19.9 Å². The highest BCUT2D eigenvalue weighted by Crippen LogP contribution is 2.45. The van der Waals surface area contributed by atoms with Gasteiger partial charge in [0.25, 0.3) is 5.69 Å². The highest BCUT2D eigenvalue weighted by atomic mass is 16.7. The first-order valence-corrected chi connectivity index (χ1v) is 10.0. The van der Waals surface area contributed by atoms with E-state index >= 15 is 0 Å². The first kappa shape index (κ1) is 23.9. The Bertz CT molecular complexity index is 1070. The summed E-state index contributed by atoms with van der Waals surface area (Å²) in [4.78, 5) is 16.3. The second kappa shape index (κ2) is 9.83. The van der Waals surface area contributed by atoms with Crippen LogP contribution in [-0.2, 0) is 16.0 Å². The molecule has 2 aromatic rings. The minimum atomic E-state index is -1.43. The topological polar surface area (TPSA) is 156 Å². The number of fused-ring (bicyclic) bond motifs is 1. The number of methoxy groups -OCH3 is 2. The van der Waals surface area contributed by atoms with E-state index in [2.05, 4.69) is 4.99 Å². The van der Waals surface area contributed by atoms with Crippen molar-refractivity contribution in [2.75, 3.05) is 14.2 Å². The lowest BCUT2D eigenvalue weighted by molar-refractivity contribution is -0.385. The number of nitriles is 1. The standard InChI is InChI=1S/C22H25N5O6/c1-22(20(31-2)32-3)19(28)18(16-11-15(27(29)30)9-10-17(16)33-22)25-21(24)26(13-23)12-14-7-5-4-6-8-14/h4-11,18-20,28H,12H2,1-3H3,(H2,24,25)/t18-,19+,22-/m0/s1. The second-order valence-electron chi connectivity index (χ2n) is 7.62. The van der Waals surface area contributed by atoms with Crippen molar-refractivity contribution in [3.8, 4) is 11.9 Å². The van der Waals surface area contributed by atoms with Crippen molar-refractivity contribution in [3.63, 3.8) is 0 Å². The molecule has 0 amide bonds. The number of rotatable bonds is 7. The lowest BCUT2D eigenvalue weighted by atomic mass is 9.84. The Morgan fingerprint density at radius 1 is 1.36 bits per heavy atom. The van der Waals surface area contributed by atoms with Crippen molar-refractivity contribution in [2.24, 2.45) is 10.7 Å². The maximum atomic E-state index is 11.3. The van der Waals surface area contributed by atoms with Crippen molar-refractivity contribution >= 4 is 11.6 Å². The number of aliphatic hydroxyl groups is 1. The zero-order valence-electron chi connectivity index (χ0n) is 18.4. The summed E-state index contributed by atoms with van der Waals surface area (Å²) in [5.41, 5.74) is 5.60. The lowest BCUT2D eigenvalue weighted by Crippen LogP contribution is -2.59. The van der Waals surface area contributed by atoms with E-state index in [0.29, 0.717) is 0 Å². The second-order valence-corrected chi connectivity index (χ2v) is 7.62. The number of non-ortho nitro benzene ring substituents is 1. The number of aliphatic imine (C=N–C) groups is 1. The monoisotopic (exact) mass is 455 g/mol. The van der Waals surface area contributed by atoms with E-state index in [1.165, 1.54) is 32.4 Å². The third-order valence-electron chi connectivity index (χ3n) is 5.49. The van der Waals surface area contributed by atoms with Crippen molar-refractivity contribution in [1.29, 1.82) is 5.26 Å². The molecule has 3 rings (SSSR count). The maximum Gasteiger partial charge on any atom is 0.270 e. The van der Waals surface area contributed by atoms with Gasteiger partial charge in [0.15, 0.2) is 18.1 Å². The van der Waals surface area contributed by atoms with Gasteiger partial charge in [-0.15, -0.1) is 0 Å². The largest absolute Gasteiger partial charge is 0.479 e. The van der Waals surface area contributed by atoms with Crippen LogP contribution in [-0.4, -0.2) is 53.1 Å². The molecule has 0 fully saturated rings. The van der Waals surface area contributed by atoms with Crippen LogP contribution in [0.1, 0.15) is 24.1 Å². The Morgan fingerprint density at radius 3 is 2.61 bits per heavy atom. The zero-order valence-corrected chi connectivity index (χ0v) is 18.4. The smallest absolute Gasteiger partial charge is 0.270 e. The molecule has 174 valence electrons. The summed E-state index contributed by atoms with van der Waals surface area (Å²) in [6.07, 6.45) is -0.395. The number of nitrogens with zero attached hydrogens (tertiary/aromatic N) is 4. The summed E-state index contributed by atoms with van der Waals surface area (Å²) >= 11 is 0. The molecule has 1 heterocycles. The predicted molar refractivity (Wildman–Crippen MR) is 118 cm³/mol. The molecule has 0 aliphatic carbocycles. The third kappa shape index (κ3) is 4.73. The number of nitro groups is 1. The lowest BCUT2D eigenvalue weighted by Gasteiger charge is -2.45. The molecular weight excluding hydrogens is 430 g/mol. The Morgan fingerprint density at radius 2 is 2.03 bits per heavy atom. The van der Waals surface area contributed by atoms with E-state index in [-0.39, 0.29) is 29.5 Å². The summed E-state index contributed by atoms with van der Waals surface area (Å²) < 4.78 is 16.7. The van der Waals surface area contributed by atoms with Gasteiger partial charge in [0.1, 0.15) is 17.9 Å². The highest BCUT2D eigenvalue weighted by Gasteiger charge is 2.52. The Balaban J connectivity index is 2.07. The Kier molecular flexibility index (Phi) is 7.13. The Hall–Kier alpha value is -3.72. The van der Waals surface area contributed by atoms with E-state index in [1.54, 1.807) is 6.92 Å². The molecule has 0 radical (unpaired) electrons. The zero-order chi connectivity index (χ0) is 24.2. The van der Waals surface area contributed by atoms with Crippen LogP contribution in [0, 0.1) is 21.6 Å². The summed E-state index contributed by atoms with van der Waals surface area (Å²) in [7, 11) is 2.79. The fourth-order valence-corrected chi connectivity index (χ4v) is 3.79. The van der Waals surface area contributed by atoms with Crippen LogP contribution in [0.5, 0.6) is 5.75 Å². The molecule has 33 heavy (non-hydrogen) atoms. The van der Waals surface area contributed by atoms with Crippen molar-refractivity contribution in [1.82, 2.24) is 4.90 Å². The van der Waals surface area contributed by atoms with Crippen LogP contribution in [0.4, 0.5) is 5.69 Å². The van der Waals surface area contributed by atoms with E-state index in [9.17, 15) is 20.5 Å². The molecule has 2 aromatic carbocycles. The molecule has 0 unspecified atom stereocenters. The molecule has 1 aliphatic rings. The number of nitrogens with two attached hydrogens (primary N) is 1. The van der Waals surface area contributed by atoms with Crippen molar-refractivity contribution in [2.45, 2.75) is 37.5 Å². The van der Waals surface area contributed by atoms with Crippen LogP contribution in [0.25, 0.3) is 0 Å². The molecule has 0 saturated carbocycles. The van der Waals surface area contributed by atoms with Gasteiger partial charge < -0.3 is 25.1 Å². The average molecular weight is 455 g/mol. The molecule has 11 nitrogen and oxygen atoms in total. The number of nitro benzene ring substituents is 1. The van der Waals surface area contributed by atoms with Gasteiger partial charge in [-0.05, 0) is 18.6 Å². The summed E-state index contributed by atoms with van der Waals surface area (Å²) in [6.45, 7) is 1.73. The molecular formula is C22H25N5O6. The molecule has 0 bridgehead atoms. The van der Waals surface area contributed by atoms with Crippen molar-refractivity contribution < 1.29 is 24.2 Å². The van der Waals surface area contributed by atoms with Crippen LogP contribution in [0.3, 0.4) is 0 Å². The SMILES string of the molecule is COC(OC)[C@@]1(C)Oc2ccc([N+](=O)[O-])cc2[C@H](N=C(N)N(C#N)Cc2ccccc2)[C@H]1O. The minimum absolute atomic E-state index is 0.157. The summed E-state index contributed by atoms with van der Waals surface area (Å²) in [5.74, 6) is 0.0825. The quantitative estimate of drug-likeness (QED) is 0.121. The molecule has 3 N–H and O–H groups in total. The third-order valence-corrected chi connectivity index (χ3v) is 5.49. The molecule has 11 heteroatoms. The van der Waals surface area contributed by atoms with Gasteiger partial charge in [-0.25, -0.2) is 9.89 Å². The van der Waals surface area contributed by atoms with E-state index in [0.717, 1.165) is 10.5 Å². The van der Waals surface area contributed by atoms with Gasteiger partial charge in [0, 0.05) is 31.9 Å². The van der Waals surface area contributed by atoms with Crippen LogP contribution in [0.15, 0.2) is 53.5 Å². The molecule has 0 aromatic heterocycles. The number of hydrogen-bond acceptors (Lipinski definition) is 8. The number of aliphatic hydroxyl groups excluding tert-OH is 1. The van der Waals surface area contributed by atoms with Crippen LogP contribution >= 0.6 is 0 Å². The first-order valence-electron chi connectivity index (χ1n) is 10.0. The fraction of sp³-hybridized carbons (Fsp3) is 0.364. The molecule has 3 atom stereocenters. The van der Waals surface area contributed by atoms with Gasteiger partial charge in [-0.3, -0.25) is 10.1 Å². The van der Waals surface area contributed by atoms with E-state index in [1.807, 2.05) is 36.5 Å². The maximum absolute atomic E-state index is 11.3. The van der Waals surface area contributed by atoms with Crippen LogP contribution in [0.2, 0.25) is 0 Å². The number of hydrogen-bond donors (Lipinski definition) is 2. The normalized spacial score (nSPS) is 22.2. The Labute approximate surface area is 190 Å². The van der Waals surface area contributed by atoms with Gasteiger partial charge in [0.05, 0.1) is 11.5 Å². The molecule has 0 spiro atoms. The van der Waals surface area contributed by atoms with E-state index < -0.39 is 29.0 Å². The summed E-state index contributed by atoms with van der Waals surface area (Å²) in [6, 6.07) is 12.0. The average Bonchev–Trinajstić information content (AvgIpc) is 2.81. The first-order chi connectivity index (χ1) is 15.7. The fourth-order valence-electron chi connectivity index (χ4n) is 3.79. The molecule has 1 aliphatic heterocycles. The van der Waals surface area contributed by atoms with Crippen molar-refractivity contribution in [3.05, 3.63) is 69.8 Å². The van der Waals surface area contributed by atoms with Gasteiger partial charge in [-0.2, -0.15) is 5.26 Å². The predicted octanol–water partition coefficient (Wildman–Crippen LogP) is 2.06. The van der Waals surface area contributed by atoms with Crippen LogP contribution < -0.4 is 10.5 Å². The van der Waals surface area contributed by atoms with Gasteiger partial charge >= 0.3 is 0 Å². The summed E-state index contributed by atoms with van der Waals surface area (Å²) in [5, 5.41) is 32.2. The van der Waals surface area contributed by atoms with Gasteiger partial charge in [0.2, 0.25) is 5.96 Å². The molecule has 0 saturated heterocycles. The number of guanidine groups is 1. The minimum Gasteiger partial charge on any atom is -0.479 e.